The second-order valence-corrected chi connectivity index (χ2v) is 7.58. The number of halogens is 1. The van der Waals surface area contributed by atoms with Crippen molar-refractivity contribution < 1.29 is 9.53 Å². The maximum atomic E-state index is 13.1. The molecule has 0 amide bonds. The lowest BCUT2D eigenvalue weighted by Gasteiger charge is -2.45. The lowest BCUT2D eigenvalue weighted by Crippen LogP contribution is -2.45. The van der Waals surface area contributed by atoms with E-state index in [9.17, 15) is 4.79 Å². The molecule has 0 heterocycles. The molecule has 0 unspecified atom stereocenters. The molecule has 2 nitrogen and oxygen atoms in total. The number of ether oxygens (including phenoxy) is 1. The molecule has 0 aromatic heterocycles. The average Bonchev–Trinajstić information content (AvgIpc) is 2.59. The molecule has 1 spiro atoms. The zero-order chi connectivity index (χ0) is 14.5. The molecule has 0 aliphatic heterocycles. The second-order valence-electron chi connectivity index (χ2n) is 6.66. The molecule has 3 heteroatoms. The summed E-state index contributed by atoms with van der Waals surface area (Å²) < 4.78 is 6.46. The molecule has 1 aromatic carbocycles. The topological polar surface area (TPSA) is 26.3 Å². The van der Waals surface area contributed by atoms with Crippen molar-refractivity contribution in [3.63, 3.8) is 0 Å². The lowest BCUT2D eigenvalue weighted by molar-refractivity contribution is 0.00837. The molecule has 108 valence electrons. The van der Waals surface area contributed by atoms with Crippen LogP contribution < -0.4 is 0 Å². The van der Waals surface area contributed by atoms with Gasteiger partial charge in [-0.3, -0.25) is 4.79 Å². The van der Waals surface area contributed by atoms with Crippen molar-refractivity contribution in [3.8, 4) is 0 Å². The van der Waals surface area contributed by atoms with Gasteiger partial charge < -0.3 is 4.74 Å². The van der Waals surface area contributed by atoms with E-state index in [0.717, 1.165) is 35.7 Å². The van der Waals surface area contributed by atoms with E-state index in [4.69, 9.17) is 4.74 Å². The third-order valence-corrected chi connectivity index (χ3v) is 6.14. The lowest BCUT2D eigenvalue weighted by atomic mass is 9.58. The van der Waals surface area contributed by atoms with Crippen molar-refractivity contribution in [1.29, 1.82) is 0 Å². The molecule has 0 bridgehead atoms. The van der Waals surface area contributed by atoms with Crippen LogP contribution in [0.2, 0.25) is 0 Å². The highest BCUT2D eigenvalue weighted by atomic mass is 79.9. The summed E-state index contributed by atoms with van der Waals surface area (Å²) in [6.07, 6.45) is 4.16. The molecule has 0 saturated heterocycles. The SMILES string of the molecule is COC1CCC2(CC1)C(=O)c1cc(Br)ccc1C2(C)C. The monoisotopic (exact) mass is 336 g/mol. The van der Waals surface area contributed by atoms with Crippen molar-refractivity contribution in [2.45, 2.75) is 51.0 Å². The van der Waals surface area contributed by atoms with Crippen LogP contribution in [0.5, 0.6) is 0 Å². The van der Waals surface area contributed by atoms with E-state index in [1.165, 1.54) is 5.56 Å². The van der Waals surface area contributed by atoms with Crippen LogP contribution in [-0.4, -0.2) is 19.0 Å². The number of rotatable bonds is 1. The molecule has 0 atom stereocenters. The Kier molecular flexibility index (Phi) is 3.33. The summed E-state index contributed by atoms with van der Waals surface area (Å²) in [6.45, 7) is 4.47. The van der Waals surface area contributed by atoms with Gasteiger partial charge in [0.25, 0.3) is 0 Å². The van der Waals surface area contributed by atoms with Crippen LogP contribution in [0.15, 0.2) is 22.7 Å². The molecule has 20 heavy (non-hydrogen) atoms. The van der Waals surface area contributed by atoms with Crippen molar-refractivity contribution >= 4 is 21.7 Å². The van der Waals surface area contributed by atoms with Gasteiger partial charge in [-0.25, -0.2) is 0 Å². The first kappa shape index (κ1) is 14.3. The highest BCUT2D eigenvalue weighted by Crippen LogP contribution is 2.58. The van der Waals surface area contributed by atoms with Gasteiger partial charge in [-0.2, -0.15) is 0 Å². The summed E-state index contributed by atoms with van der Waals surface area (Å²) in [5.41, 5.74) is 1.81. The van der Waals surface area contributed by atoms with E-state index in [1.54, 1.807) is 7.11 Å². The van der Waals surface area contributed by atoms with E-state index in [-0.39, 0.29) is 10.8 Å². The molecule has 0 radical (unpaired) electrons. The molecule has 0 N–H and O–H groups in total. The fraction of sp³-hybridized carbons (Fsp3) is 0.588. The minimum atomic E-state index is -0.231. The fourth-order valence-corrected chi connectivity index (χ4v) is 4.58. The van der Waals surface area contributed by atoms with Crippen LogP contribution in [0.3, 0.4) is 0 Å². The number of hydrogen-bond acceptors (Lipinski definition) is 2. The average molecular weight is 337 g/mol. The Morgan fingerprint density at radius 1 is 1.25 bits per heavy atom. The fourth-order valence-electron chi connectivity index (χ4n) is 4.22. The van der Waals surface area contributed by atoms with E-state index >= 15 is 0 Å². The number of fused-ring (bicyclic) bond motifs is 1. The third kappa shape index (κ3) is 1.75. The summed E-state index contributed by atoms with van der Waals surface area (Å²) in [6, 6.07) is 6.17. The van der Waals surface area contributed by atoms with Crippen LogP contribution in [0.1, 0.15) is 55.5 Å². The van der Waals surface area contributed by atoms with Gasteiger partial charge in [-0.05, 0) is 43.4 Å². The highest BCUT2D eigenvalue weighted by molar-refractivity contribution is 9.10. The van der Waals surface area contributed by atoms with Crippen molar-refractivity contribution in [1.82, 2.24) is 0 Å². The maximum Gasteiger partial charge on any atom is 0.170 e. The summed E-state index contributed by atoms with van der Waals surface area (Å²) in [7, 11) is 1.77. The zero-order valence-corrected chi connectivity index (χ0v) is 13.9. The van der Waals surface area contributed by atoms with Gasteiger partial charge in [0.1, 0.15) is 0 Å². The van der Waals surface area contributed by atoms with Gasteiger partial charge >= 0.3 is 0 Å². The van der Waals surface area contributed by atoms with Gasteiger partial charge in [0, 0.05) is 28.0 Å². The van der Waals surface area contributed by atoms with Crippen molar-refractivity contribution in [2.24, 2.45) is 5.41 Å². The Labute approximate surface area is 129 Å². The predicted molar refractivity (Wildman–Crippen MR) is 83.2 cm³/mol. The summed E-state index contributed by atoms with van der Waals surface area (Å²) in [5, 5.41) is 0. The van der Waals surface area contributed by atoms with Crippen molar-refractivity contribution in [3.05, 3.63) is 33.8 Å². The van der Waals surface area contributed by atoms with Crippen LogP contribution in [0.25, 0.3) is 0 Å². The Bertz CT molecular complexity index is 554. The first-order valence-electron chi connectivity index (χ1n) is 7.30. The first-order chi connectivity index (χ1) is 9.42. The van der Waals surface area contributed by atoms with Crippen LogP contribution in [0, 0.1) is 5.41 Å². The smallest absolute Gasteiger partial charge is 0.170 e. The normalized spacial score (nSPS) is 31.6. The molecule has 1 aromatic rings. The van der Waals surface area contributed by atoms with Gasteiger partial charge in [-0.1, -0.05) is 35.8 Å². The summed E-state index contributed by atoms with van der Waals surface area (Å²) >= 11 is 3.49. The second kappa shape index (κ2) is 4.67. The number of hydrogen-bond donors (Lipinski definition) is 0. The molecule has 2 aliphatic rings. The van der Waals surface area contributed by atoms with E-state index in [1.807, 2.05) is 12.1 Å². The number of carbonyl (C=O) groups is 1. The third-order valence-electron chi connectivity index (χ3n) is 5.65. The summed E-state index contributed by atoms with van der Waals surface area (Å²) in [5.74, 6) is 0.341. The van der Waals surface area contributed by atoms with Gasteiger partial charge in [0.2, 0.25) is 0 Å². The molecule has 1 fully saturated rings. The number of carbonyl (C=O) groups excluding carboxylic acids is 1. The summed E-state index contributed by atoms with van der Waals surface area (Å²) in [4.78, 5) is 13.1. The Balaban J connectivity index is 2.05. The molecular formula is C17H21BrO2. The van der Waals surface area contributed by atoms with Crippen LogP contribution in [-0.2, 0) is 10.2 Å². The van der Waals surface area contributed by atoms with E-state index in [2.05, 4.69) is 35.8 Å². The molecular weight excluding hydrogens is 316 g/mol. The number of Topliss-reactive ketones (excluding diaryl/α,β-unsaturated/α-hetero) is 1. The zero-order valence-electron chi connectivity index (χ0n) is 12.3. The first-order valence-corrected chi connectivity index (χ1v) is 8.09. The van der Waals surface area contributed by atoms with E-state index < -0.39 is 0 Å². The van der Waals surface area contributed by atoms with Gasteiger partial charge in [0.15, 0.2) is 5.78 Å². The Morgan fingerprint density at radius 3 is 2.50 bits per heavy atom. The predicted octanol–water partition coefficient (Wildman–Crippen LogP) is 4.50. The van der Waals surface area contributed by atoms with Crippen LogP contribution >= 0.6 is 15.9 Å². The standard InChI is InChI=1S/C17H21BrO2/c1-16(2)14-5-4-11(18)10-13(14)15(19)17(16)8-6-12(20-3)7-9-17/h4-5,10,12H,6-9H2,1-3H3. The number of benzene rings is 1. The Hall–Kier alpha value is -0.670. The number of methoxy groups -OCH3 is 1. The maximum absolute atomic E-state index is 13.1. The highest BCUT2D eigenvalue weighted by Gasteiger charge is 2.58. The molecule has 3 rings (SSSR count). The van der Waals surface area contributed by atoms with Crippen LogP contribution in [0.4, 0.5) is 0 Å². The number of ketones is 1. The molecule has 1 saturated carbocycles. The minimum Gasteiger partial charge on any atom is -0.381 e. The van der Waals surface area contributed by atoms with Crippen molar-refractivity contribution in [2.75, 3.05) is 7.11 Å². The Morgan fingerprint density at radius 2 is 1.90 bits per heavy atom. The minimum absolute atomic E-state index is 0.0845. The quantitative estimate of drug-likeness (QED) is 0.754. The van der Waals surface area contributed by atoms with Gasteiger partial charge in [0.05, 0.1) is 6.10 Å². The largest absolute Gasteiger partial charge is 0.381 e. The van der Waals surface area contributed by atoms with E-state index in [0.29, 0.717) is 11.9 Å². The molecule has 2 aliphatic carbocycles. The van der Waals surface area contributed by atoms with Gasteiger partial charge in [-0.15, -0.1) is 0 Å².